The molecule has 5 heteroatoms. The summed E-state index contributed by atoms with van der Waals surface area (Å²) in [5, 5.41) is 9.37. The summed E-state index contributed by atoms with van der Waals surface area (Å²) in [5.74, 6) is 0. The average Bonchev–Trinajstić information content (AvgIpc) is 2.86. The van der Waals surface area contributed by atoms with E-state index in [9.17, 15) is 0 Å². The molecule has 98 valence electrons. The predicted molar refractivity (Wildman–Crippen MR) is 75.9 cm³/mol. The van der Waals surface area contributed by atoms with E-state index in [1.807, 2.05) is 23.1 Å². The molecule has 0 saturated carbocycles. The Kier molecular flexibility index (Phi) is 2.92. The van der Waals surface area contributed by atoms with Gasteiger partial charge in [-0.05, 0) is 32.8 Å². The fraction of sp³-hybridized carbons (Fsp3) is 0.615. The Bertz CT molecular complexity index is 536. The van der Waals surface area contributed by atoms with Crippen LogP contribution in [0.5, 0.6) is 0 Å². The van der Waals surface area contributed by atoms with Crippen LogP contribution in [0.1, 0.15) is 36.4 Å². The van der Waals surface area contributed by atoms with E-state index in [0.29, 0.717) is 18.1 Å². The second-order valence-corrected chi connectivity index (χ2v) is 6.39. The summed E-state index contributed by atoms with van der Waals surface area (Å²) >= 11 is 1.85. The first-order chi connectivity index (χ1) is 8.56. The lowest BCUT2D eigenvalue weighted by Crippen LogP contribution is -2.48. The number of hydrogen-bond donors (Lipinski definition) is 2. The highest BCUT2D eigenvalue weighted by atomic mass is 32.1. The lowest BCUT2D eigenvalue weighted by molar-refractivity contribution is 0.306. The molecule has 2 aromatic rings. The van der Waals surface area contributed by atoms with Crippen LogP contribution in [0.3, 0.4) is 0 Å². The molecule has 0 bridgehead atoms. The number of aromatic nitrogens is 2. The molecular formula is C13H20N4S. The summed E-state index contributed by atoms with van der Waals surface area (Å²) < 4.78 is 1.98. The number of thiophene rings is 1. The summed E-state index contributed by atoms with van der Waals surface area (Å²) in [6.45, 7) is 4.25. The number of nitrogens with zero attached hydrogens (tertiary/aromatic N) is 2. The zero-order valence-electron chi connectivity index (χ0n) is 11.1. The zero-order valence-corrected chi connectivity index (χ0v) is 11.9. The van der Waals surface area contributed by atoms with E-state index in [2.05, 4.69) is 30.3 Å². The van der Waals surface area contributed by atoms with Crippen LogP contribution in [0.15, 0.2) is 6.07 Å². The molecule has 4 nitrogen and oxygen atoms in total. The highest BCUT2D eigenvalue weighted by Crippen LogP contribution is 2.35. The van der Waals surface area contributed by atoms with Gasteiger partial charge in [0.2, 0.25) is 0 Å². The topological polar surface area (TPSA) is 55.9 Å². The van der Waals surface area contributed by atoms with E-state index in [1.54, 1.807) is 0 Å². The van der Waals surface area contributed by atoms with Gasteiger partial charge in [-0.3, -0.25) is 4.68 Å². The summed E-state index contributed by atoms with van der Waals surface area (Å²) in [6, 6.07) is 3.44. The molecule has 0 spiro atoms. The maximum atomic E-state index is 6.05. The van der Waals surface area contributed by atoms with Crippen molar-refractivity contribution in [2.24, 2.45) is 12.8 Å². The third kappa shape index (κ3) is 1.86. The van der Waals surface area contributed by atoms with Gasteiger partial charge < -0.3 is 11.1 Å². The number of nitrogens with one attached hydrogen (secondary N) is 1. The molecule has 18 heavy (non-hydrogen) atoms. The Labute approximate surface area is 111 Å². The van der Waals surface area contributed by atoms with Crippen molar-refractivity contribution in [3.05, 3.63) is 16.6 Å². The Morgan fingerprint density at radius 1 is 1.50 bits per heavy atom. The summed E-state index contributed by atoms with van der Waals surface area (Å²) in [4.78, 5) is 2.69. The average molecular weight is 264 g/mol. The van der Waals surface area contributed by atoms with Gasteiger partial charge in [0.1, 0.15) is 4.83 Å². The van der Waals surface area contributed by atoms with Crippen LogP contribution in [0.25, 0.3) is 10.2 Å². The van der Waals surface area contributed by atoms with Gasteiger partial charge in [0.25, 0.3) is 0 Å². The Morgan fingerprint density at radius 2 is 2.28 bits per heavy atom. The highest BCUT2D eigenvalue weighted by Gasteiger charge is 2.26. The highest BCUT2D eigenvalue weighted by molar-refractivity contribution is 7.18. The molecule has 1 aliphatic rings. The van der Waals surface area contributed by atoms with Crippen molar-refractivity contribution in [1.29, 1.82) is 0 Å². The van der Waals surface area contributed by atoms with E-state index in [1.165, 1.54) is 15.1 Å². The van der Waals surface area contributed by atoms with E-state index in [0.717, 1.165) is 18.5 Å². The van der Waals surface area contributed by atoms with Crippen LogP contribution in [-0.4, -0.2) is 21.9 Å². The van der Waals surface area contributed by atoms with Crippen molar-refractivity contribution in [3.63, 3.8) is 0 Å². The number of nitrogens with two attached hydrogens (primary N) is 1. The van der Waals surface area contributed by atoms with Crippen LogP contribution in [-0.2, 0) is 7.05 Å². The normalized spacial score (nSPS) is 29.0. The monoisotopic (exact) mass is 264 g/mol. The maximum Gasteiger partial charge on any atom is 0.121 e. The fourth-order valence-corrected chi connectivity index (χ4v) is 3.97. The second kappa shape index (κ2) is 4.33. The van der Waals surface area contributed by atoms with E-state index >= 15 is 0 Å². The standard InChI is InChI=1S/C13H20N4S/c1-7-9-6-12(18-13(9)17(3)16-7)11-5-4-10(14)8(2)15-11/h6,8,10-11,15H,4-5,14H2,1-3H3. The molecule has 3 N–H and O–H groups in total. The van der Waals surface area contributed by atoms with Crippen molar-refractivity contribution in [1.82, 2.24) is 15.1 Å². The summed E-state index contributed by atoms with van der Waals surface area (Å²) in [6.07, 6.45) is 2.23. The molecule has 1 fully saturated rings. The van der Waals surface area contributed by atoms with Crippen LogP contribution < -0.4 is 11.1 Å². The fourth-order valence-electron chi connectivity index (χ4n) is 2.75. The number of piperidine rings is 1. The van der Waals surface area contributed by atoms with Gasteiger partial charge in [-0.1, -0.05) is 0 Å². The SMILES string of the molecule is Cc1nn(C)c2sc(C3CCC(N)C(C)N3)cc12. The van der Waals surface area contributed by atoms with Crippen molar-refractivity contribution in [2.75, 3.05) is 0 Å². The lowest BCUT2D eigenvalue weighted by Gasteiger charge is -2.33. The van der Waals surface area contributed by atoms with Gasteiger partial charge in [0, 0.05) is 35.4 Å². The third-order valence-corrected chi connectivity index (χ3v) is 5.27. The first-order valence-corrected chi connectivity index (χ1v) is 7.32. The van der Waals surface area contributed by atoms with E-state index in [-0.39, 0.29) is 0 Å². The quantitative estimate of drug-likeness (QED) is 0.829. The molecule has 0 aromatic carbocycles. The maximum absolute atomic E-state index is 6.05. The predicted octanol–water partition coefficient (Wildman–Crippen LogP) is 2.08. The molecule has 1 aliphatic heterocycles. The number of rotatable bonds is 1. The number of aryl methyl sites for hydroxylation is 2. The third-order valence-electron chi connectivity index (χ3n) is 3.95. The van der Waals surface area contributed by atoms with Crippen molar-refractivity contribution in [2.45, 2.75) is 44.8 Å². The molecule has 0 aliphatic carbocycles. The first-order valence-electron chi connectivity index (χ1n) is 6.51. The zero-order chi connectivity index (χ0) is 12.9. The van der Waals surface area contributed by atoms with Gasteiger partial charge in [-0.15, -0.1) is 11.3 Å². The van der Waals surface area contributed by atoms with Crippen LogP contribution >= 0.6 is 11.3 Å². The summed E-state index contributed by atoms with van der Waals surface area (Å²) in [5.41, 5.74) is 7.17. The molecule has 2 aromatic heterocycles. The van der Waals surface area contributed by atoms with Gasteiger partial charge in [-0.25, -0.2) is 0 Å². The van der Waals surface area contributed by atoms with Crippen molar-refractivity contribution in [3.8, 4) is 0 Å². The van der Waals surface area contributed by atoms with Gasteiger partial charge in [0.05, 0.1) is 5.69 Å². The molecule has 0 radical (unpaired) electrons. The van der Waals surface area contributed by atoms with E-state index < -0.39 is 0 Å². The van der Waals surface area contributed by atoms with Gasteiger partial charge >= 0.3 is 0 Å². The van der Waals surface area contributed by atoms with Crippen LogP contribution in [0.4, 0.5) is 0 Å². The van der Waals surface area contributed by atoms with E-state index in [4.69, 9.17) is 5.73 Å². The Hall–Kier alpha value is -0.910. The van der Waals surface area contributed by atoms with Crippen molar-refractivity contribution < 1.29 is 0 Å². The van der Waals surface area contributed by atoms with Crippen LogP contribution in [0, 0.1) is 6.92 Å². The molecule has 3 heterocycles. The Morgan fingerprint density at radius 3 is 2.94 bits per heavy atom. The molecule has 3 rings (SSSR count). The van der Waals surface area contributed by atoms with Crippen molar-refractivity contribution >= 4 is 21.6 Å². The number of fused-ring (bicyclic) bond motifs is 1. The molecule has 3 unspecified atom stereocenters. The van der Waals surface area contributed by atoms with Gasteiger partial charge in [0.15, 0.2) is 0 Å². The van der Waals surface area contributed by atoms with Crippen LogP contribution in [0.2, 0.25) is 0 Å². The Balaban J connectivity index is 1.93. The minimum absolute atomic E-state index is 0.291. The molecule has 1 saturated heterocycles. The number of hydrogen-bond acceptors (Lipinski definition) is 4. The molecule has 0 amide bonds. The second-order valence-electron chi connectivity index (χ2n) is 5.33. The summed E-state index contributed by atoms with van der Waals surface area (Å²) in [7, 11) is 2.02. The first kappa shape index (κ1) is 12.1. The minimum atomic E-state index is 0.291. The van der Waals surface area contributed by atoms with Gasteiger partial charge in [-0.2, -0.15) is 5.10 Å². The molecule has 3 atom stereocenters. The smallest absolute Gasteiger partial charge is 0.121 e. The largest absolute Gasteiger partial charge is 0.326 e. The minimum Gasteiger partial charge on any atom is -0.326 e. The lowest BCUT2D eigenvalue weighted by atomic mass is 9.94. The molecular weight excluding hydrogens is 244 g/mol.